The van der Waals surface area contributed by atoms with Crippen molar-refractivity contribution >= 4 is 17.5 Å². The Morgan fingerprint density at radius 2 is 1.91 bits per heavy atom. The first-order valence-electron chi connectivity index (χ1n) is 11.4. The first-order chi connectivity index (χ1) is 14.7. The van der Waals surface area contributed by atoms with Crippen LogP contribution in [0.3, 0.4) is 0 Å². The monoisotopic (exact) mass is 450 g/mol. The first kappa shape index (κ1) is 24.8. The van der Waals surface area contributed by atoms with Crippen LogP contribution >= 0.6 is 0 Å². The van der Waals surface area contributed by atoms with Crippen molar-refractivity contribution in [2.45, 2.75) is 78.2 Å². The Hall–Kier alpha value is -1.86. The number of rotatable bonds is 5. The van der Waals surface area contributed by atoms with E-state index in [1.54, 1.807) is 33.8 Å². The second kappa shape index (κ2) is 7.87. The minimum atomic E-state index is -2.10. The molecule has 2 N–H and O–H groups in total. The maximum Gasteiger partial charge on any atom is 0.303 e. The van der Waals surface area contributed by atoms with E-state index in [1.807, 2.05) is 6.92 Å². The van der Waals surface area contributed by atoms with Crippen molar-refractivity contribution in [3.63, 3.8) is 0 Å². The minimum Gasteiger partial charge on any atom is -0.458 e. The Morgan fingerprint density at radius 3 is 2.47 bits per heavy atom. The fourth-order valence-electron chi connectivity index (χ4n) is 7.12. The van der Waals surface area contributed by atoms with Gasteiger partial charge in [0.15, 0.2) is 18.1 Å². The van der Waals surface area contributed by atoms with Crippen molar-refractivity contribution in [3.05, 3.63) is 23.8 Å². The molecule has 8 atom stereocenters. The number of halogens is 1. The van der Waals surface area contributed by atoms with Gasteiger partial charge in [-0.05, 0) is 56.1 Å². The molecule has 0 bridgehead atoms. The molecule has 0 aliphatic heterocycles. The molecule has 6 nitrogen and oxygen atoms in total. The number of ketones is 2. The summed E-state index contributed by atoms with van der Waals surface area (Å²) in [5.41, 5.74) is -5.62. The molecular weight excluding hydrogens is 415 g/mol. The molecule has 0 spiro atoms. The van der Waals surface area contributed by atoms with Crippen molar-refractivity contribution in [2.24, 2.45) is 28.6 Å². The number of Topliss-reactive ketones (excluding diaryl/α,β-unsaturated/α-hetero) is 1. The molecule has 3 aliphatic carbocycles. The number of ether oxygens (including phenoxy) is 1. The van der Waals surface area contributed by atoms with Gasteiger partial charge in [-0.1, -0.05) is 39.3 Å². The predicted octanol–water partition coefficient (Wildman–Crippen LogP) is 3.10. The molecule has 2 saturated carbocycles. The van der Waals surface area contributed by atoms with Crippen LogP contribution in [-0.2, 0) is 19.1 Å². The molecule has 7 heteroatoms. The fraction of sp³-hybridized carbons (Fsp3) is 0.720. The zero-order chi connectivity index (χ0) is 24.3. The molecule has 3 aliphatic rings. The van der Waals surface area contributed by atoms with Gasteiger partial charge >= 0.3 is 5.97 Å². The summed E-state index contributed by atoms with van der Waals surface area (Å²) in [5.74, 6) is -3.08. The lowest BCUT2D eigenvalue weighted by atomic mass is 9.48. The lowest BCUT2D eigenvalue weighted by Crippen LogP contribution is -2.67. The molecule has 32 heavy (non-hydrogen) atoms. The van der Waals surface area contributed by atoms with Crippen LogP contribution in [0.1, 0.15) is 60.8 Å². The lowest BCUT2D eigenvalue weighted by molar-refractivity contribution is -0.210. The van der Waals surface area contributed by atoms with E-state index in [-0.39, 0.29) is 12.2 Å². The highest BCUT2D eigenvalue weighted by Gasteiger charge is 2.73. The highest BCUT2D eigenvalue weighted by molar-refractivity contribution is 6.01. The molecule has 0 aromatic carbocycles. The van der Waals surface area contributed by atoms with E-state index in [4.69, 9.17) is 4.74 Å². The summed E-state index contributed by atoms with van der Waals surface area (Å²) in [6.07, 6.45) is 3.61. The Bertz CT molecular complexity index is 895. The molecule has 2 fully saturated rings. The minimum absolute atomic E-state index is 0.125. The molecular formula is C25H35FO6. The first-order valence-corrected chi connectivity index (χ1v) is 11.4. The second-order valence-electron chi connectivity index (χ2n) is 10.4. The Morgan fingerprint density at radius 1 is 1.28 bits per heavy atom. The van der Waals surface area contributed by atoms with Gasteiger partial charge in [0.25, 0.3) is 0 Å². The molecule has 0 heterocycles. The molecule has 0 amide bonds. The van der Waals surface area contributed by atoms with Crippen LogP contribution in [0.5, 0.6) is 0 Å². The van der Waals surface area contributed by atoms with E-state index in [0.717, 1.165) is 0 Å². The van der Waals surface area contributed by atoms with Crippen LogP contribution < -0.4 is 0 Å². The van der Waals surface area contributed by atoms with Crippen LogP contribution in [-0.4, -0.2) is 51.7 Å². The number of alkyl halides is 1. The maximum absolute atomic E-state index is 17.1. The van der Waals surface area contributed by atoms with E-state index in [2.05, 4.69) is 0 Å². The van der Waals surface area contributed by atoms with Crippen LogP contribution in [0, 0.1) is 28.6 Å². The van der Waals surface area contributed by atoms with E-state index in [0.29, 0.717) is 18.4 Å². The summed E-state index contributed by atoms with van der Waals surface area (Å²) >= 11 is 0. The quantitative estimate of drug-likeness (QED) is 0.624. The highest BCUT2D eigenvalue weighted by Crippen LogP contribution is 2.68. The van der Waals surface area contributed by atoms with Crippen molar-refractivity contribution in [2.75, 3.05) is 6.61 Å². The summed E-state index contributed by atoms with van der Waals surface area (Å²) < 4.78 is 22.0. The Kier molecular flexibility index (Phi) is 6.10. The topological polar surface area (TPSA) is 101 Å². The van der Waals surface area contributed by atoms with Gasteiger partial charge in [-0.15, -0.1) is 0 Å². The SMILES string of the molecule is CCC1=CC(=O)C=C[C@]1(C)[C@@]1(F)[C@@H](O)C[C@@]2(C)[C@@H](C[C@H](C)[C@]2(O)C(=O)COC(C)=O)[C@@H]1C. The van der Waals surface area contributed by atoms with Crippen LogP contribution in [0.15, 0.2) is 23.8 Å². The summed E-state index contributed by atoms with van der Waals surface area (Å²) in [5, 5.41) is 23.0. The number of allylic oxidation sites excluding steroid dienone is 4. The van der Waals surface area contributed by atoms with E-state index >= 15 is 4.39 Å². The Balaban J connectivity index is 2.05. The lowest BCUT2D eigenvalue weighted by Gasteiger charge is -2.59. The molecule has 0 aromatic rings. The molecule has 0 unspecified atom stereocenters. The number of carbonyl (C=O) groups excluding carboxylic acids is 3. The van der Waals surface area contributed by atoms with E-state index in [9.17, 15) is 24.6 Å². The molecule has 0 radical (unpaired) electrons. The van der Waals surface area contributed by atoms with Crippen molar-refractivity contribution in [1.29, 1.82) is 0 Å². The van der Waals surface area contributed by atoms with Gasteiger partial charge < -0.3 is 14.9 Å². The number of carbonyl (C=O) groups is 3. The van der Waals surface area contributed by atoms with Crippen molar-refractivity contribution in [3.8, 4) is 0 Å². The van der Waals surface area contributed by atoms with Crippen LogP contribution in [0.4, 0.5) is 4.39 Å². The Labute approximate surface area is 188 Å². The van der Waals surface area contributed by atoms with E-state index < -0.39 is 64.3 Å². The number of esters is 1. The van der Waals surface area contributed by atoms with Crippen molar-refractivity contribution in [1.82, 2.24) is 0 Å². The average molecular weight is 451 g/mol. The largest absolute Gasteiger partial charge is 0.458 e. The number of aliphatic hydroxyl groups is 2. The zero-order valence-electron chi connectivity index (χ0n) is 19.8. The third-order valence-corrected chi connectivity index (χ3v) is 8.95. The zero-order valence-corrected chi connectivity index (χ0v) is 19.8. The molecule has 0 aromatic heterocycles. The van der Waals surface area contributed by atoms with Gasteiger partial charge in [0.1, 0.15) is 5.60 Å². The number of aliphatic hydroxyl groups excluding tert-OH is 1. The van der Waals surface area contributed by atoms with Gasteiger partial charge in [-0.2, -0.15) is 0 Å². The third-order valence-electron chi connectivity index (χ3n) is 8.95. The average Bonchev–Trinajstić information content (AvgIpc) is 2.93. The molecule has 178 valence electrons. The fourth-order valence-corrected chi connectivity index (χ4v) is 7.12. The number of fused-ring (bicyclic) bond motifs is 1. The third kappa shape index (κ3) is 3.07. The smallest absolute Gasteiger partial charge is 0.303 e. The predicted molar refractivity (Wildman–Crippen MR) is 116 cm³/mol. The van der Waals surface area contributed by atoms with Gasteiger partial charge in [-0.3, -0.25) is 14.4 Å². The molecule has 3 rings (SSSR count). The summed E-state index contributed by atoms with van der Waals surface area (Å²) in [6, 6.07) is 0. The maximum atomic E-state index is 17.1. The molecule has 0 saturated heterocycles. The van der Waals surface area contributed by atoms with Gasteiger partial charge in [0.2, 0.25) is 5.78 Å². The summed E-state index contributed by atoms with van der Waals surface area (Å²) in [6.45, 7) is 9.39. The van der Waals surface area contributed by atoms with Gasteiger partial charge in [-0.25, -0.2) is 4.39 Å². The standard InChI is InChI=1S/C25H35FO6/c1-7-17-11-18(28)8-9-22(17,5)24(26)15(3)19-10-14(2)25(31,21(30)13-32-16(4)27)23(19,6)12-20(24)29/h8-9,11,14-15,19-20,29,31H,7,10,12-13H2,1-6H3/t14-,15-,19-,20-,22-,23-,24-,25-/m0/s1. The van der Waals surface area contributed by atoms with Crippen LogP contribution in [0.2, 0.25) is 0 Å². The summed E-state index contributed by atoms with van der Waals surface area (Å²) in [4.78, 5) is 36.2. The second-order valence-corrected chi connectivity index (χ2v) is 10.4. The van der Waals surface area contributed by atoms with Gasteiger partial charge in [0, 0.05) is 17.8 Å². The van der Waals surface area contributed by atoms with Gasteiger partial charge in [0.05, 0.1) is 6.10 Å². The highest BCUT2D eigenvalue weighted by atomic mass is 19.1. The van der Waals surface area contributed by atoms with Crippen molar-refractivity contribution < 1.29 is 33.7 Å². The van der Waals surface area contributed by atoms with Crippen LogP contribution in [0.25, 0.3) is 0 Å². The number of hydrogen-bond donors (Lipinski definition) is 2. The number of hydrogen-bond acceptors (Lipinski definition) is 6. The normalized spacial score (nSPS) is 45.9. The van der Waals surface area contributed by atoms with E-state index in [1.165, 1.54) is 19.1 Å². The summed E-state index contributed by atoms with van der Waals surface area (Å²) in [7, 11) is 0.